The topological polar surface area (TPSA) is 20.3 Å². The Morgan fingerprint density at radius 1 is 1.22 bits per heavy atom. The van der Waals surface area contributed by atoms with Gasteiger partial charge in [-0.25, -0.2) is 0 Å². The molecule has 0 radical (unpaired) electrons. The predicted molar refractivity (Wildman–Crippen MR) is 99.5 cm³/mol. The molecule has 3 rings (SSSR count). The summed E-state index contributed by atoms with van der Waals surface area (Å²) in [4.78, 5) is 15.9. The number of hydrogen-bond donors (Lipinski definition) is 0. The van der Waals surface area contributed by atoms with Crippen LogP contribution in [-0.4, -0.2) is 37.1 Å². The molecule has 0 amide bonds. The van der Waals surface area contributed by atoms with Crippen LogP contribution in [0.5, 0.6) is 0 Å². The first-order valence-corrected chi connectivity index (χ1v) is 9.31. The average Bonchev–Trinajstić information content (AvgIpc) is 2.68. The number of likely N-dealkylation sites (tertiary alicyclic amines) is 1. The highest BCUT2D eigenvalue weighted by Gasteiger charge is 2.27. The zero-order valence-corrected chi connectivity index (χ0v) is 14.7. The molecule has 0 saturated carbocycles. The fraction of sp³-hybridized carbons (Fsp3) is 0.350. The third-order valence-corrected chi connectivity index (χ3v) is 5.61. The van der Waals surface area contributed by atoms with Crippen LogP contribution in [0.4, 0.5) is 0 Å². The average molecular weight is 325 g/mol. The van der Waals surface area contributed by atoms with Gasteiger partial charge in [-0.2, -0.15) is 0 Å². The first-order chi connectivity index (χ1) is 11.2. The van der Waals surface area contributed by atoms with Crippen molar-refractivity contribution in [3.05, 3.63) is 64.1 Å². The highest BCUT2D eigenvalue weighted by molar-refractivity contribution is 8.03. The summed E-state index contributed by atoms with van der Waals surface area (Å²) < 4.78 is 0. The summed E-state index contributed by atoms with van der Waals surface area (Å²) in [6.45, 7) is 6.18. The van der Waals surface area contributed by atoms with Gasteiger partial charge in [0.15, 0.2) is 5.78 Å². The lowest BCUT2D eigenvalue weighted by Crippen LogP contribution is -2.27. The summed E-state index contributed by atoms with van der Waals surface area (Å²) in [6.07, 6.45) is 6.48. The number of ketones is 1. The Bertz CT molecular complexity index is 704. The summed E-state index contributed by atoms with van der Waals surface area (Å²) in [5, 5.41) is 0. The molecular weight excluding hydrogens is 302 g/mol. The fourth-order valence-corrected chi connectivity index (χ4v) is 4.22. The molecule has 1 aromatic rings. The van der Waals surface area contributed by atoms with E-state index in [9.17, 15) is 4.79 Å². The molecule has 23 heavy (non-hydrogen) atoms. The highest BCUT2D eigenvalue weighted by atomic mass is 32.2. The number of hydrogen-bond acceptors (Lipinski definition) is 3. The SMILES string of the molecule is C=CC1=C(SC)C(=O)Cc2ccccc2C1=C1CCN(C)CC1. The summed E-state index contributed by atoms with van der Waals surface area (Å²) in [7, 11) is 2.17. The molecule has 1 saturated heterocycles. The van der Waals surface area contributed by atoms with Crippen molar-refractivity contribution < 1.29 is 4.79 Å². The van der Waals surface area contributed by atoms with E-state index in [1.54, 1.807) is 11.8 Å². The second-order valence-electron chi connectivity index (χ2n) is 6.19. The highest BCUT2D eigenvalue weighted by Crippen LogP contribution is 2.40. The molecule has 120 valence electrons. The molecule has 3 heteroatoms. The van der Waals surface area contributed by atoms with Crippen molar-refractivity contribution in [3.63, 3.8) is 0 Å². The van der Waals surface area contributed by atoms with Crippen molar-refractivity contribution in [2.24, 2.45) is 0 Å². The maximum atomic E-state index is 12.7. The normalized spacial score (nSPS) is 19.7. The van der Waals surface area contributed by atoms with Crippen molar-refractivity contribution >= 4 is 23.1 Å². The van der Waals surface area contributed by atoms with Crippen molar-refractivity contribution in [1.29, 1.82) is 0 Å². The second-order valence-corrected chi connectivity index (χ2v) is 7.01. The van der Waals surface area contributed by atoms with Gasteiger partial charge in [0.1, 0.15) is 0 Å². The van der Waals surface area contributed by atoms with Gasteiger partial charge in [0.05, 0.1) is 4.91 Å². The summed E-state index contributed by atoms with van der Waals surface area (Å²) >= 11 is 1.55. The van der Waals surface area contributed by atoms with Gasteiger partial charge in [0, 0.05) is 19.5 Å². The van der Waals surface area contributed by atoms with E-state index >= 15 is 0 Å². The molecular formula is C20H23NOS. The number of thioether (sulfide) groups is 1. The standard InChI is InChI=1S/C20H23NOS/c1-4-16-19(14-9-11-21(2)12-10-14)17-8-6-5-7-15(17)13-18(22)20(16)23-3/h4-8H,1,9-13H2,2-3H3. The van der Waals surface area contributed by atoms with E-state index in [0.29, 0.717) is 6.42 Å². The minimum atomic E-state index is 0.211. The molecule has 1 aliphatic carbocycles. The number of rotatable bonds is 2. The van der Waals surface area contributed by atoms with Crippen LogP contribution in [0.3, 0.4) is 0 Å². The first kappa shape index (κ1) is 16.3. The maximum absolute atomic E-state index is 12.7. The van der Waals surface area contributed by atoms with E-state index in [0.717, 1.165) is 42.0 Å². The zero-order valence-electron chi connectivity index (χ0n) is 13.9. The monoisotopic (exact) mass is 325 g/mol. The number of carbonyl (C=O) groups excluding carboxylic acids is 1. The Labute approximate surface area is 143 Å². The third-order valence-electron chi connectivity index (χ3n) is 4.76. The van der Waals surface area contributed by atoms with Gasteiger partial charge in [-0.15, -0.1) is 11.8 Å². The Kier molecular flexibility index (Phi) is 4.88. The third kappa shape index (κ3) is 3.08. The Hall–Kier alpha value is -1.58. The number of Topliss-reactive ketones (excluding diaryl/α,β-unsaturated/α-hetero) is 1. The molecule has 0 atom stereocenters. The number of nitrogens with zero attached hydrogens (tertiary/aromatic N) is 1. The summed E-state index contributed by atoms with van der Waals surface area (Å²) in [5.74, 6) is 0.211. The predicted octanol–water partition coefficient (Wildman–Crippen LogP) is 4.09. The van der Waals surface area contributed by atoms with Crippen LogP contribution in [0.1, 0.15) is 24.0 Å². The molecule has 0 spiro atoms. The number of allylic oxidation sites excluding steroid dienone is 4. The molecule has 0 unspecified atom stereocenters. The minimum absolute atomic E-state index is 0.211. The summed E-state index contributed by atoms with van der Waals surface area (Å²) in [6, 6.07) is 8.35. The molecule has 2 aliphatic rings. The van der Waals surface area contributed by atoms with Crippen molar-refractivity contribution in [3.8, 4) is 0 Å². The fourth-order valence-electron chi connectivity index (χ4n) is 3.52. The summed E-state index contributed by atoms with van der Waals surface area (Å²) in [5.41, 5.74) is 6.12. The van der Waals surface area contributed by atoms with Crippen LogP contribution < -0.4 is 0 Å². The van der Waals surface area contributed by atoms with Gasteiger partial charge in [0.2, 0.25) is 0 Å². The molecule has 1 aromatic carbocycles. The largest absolute Gasteiger partial charge is 0.306 e. The molecule has 0 aromatic heterocycles. The Balaban J connectivity index is 2.26. The van der Waals surface area contributed by atoms with E-state index in [1.807, 2.05) is 18.4 Å². The van der Waals surface area contributed by atoms with Crippen LogP contribution in [-0.2, 0) is 11.2 Å². The minimum Gasteiger partial charge on any atom is -0.306 e. The van der Waals surface area contributed by atoms with Crippen LogP contribution >= 0.6 is 11.8 Å². The van der Waals surface area contributed by atoms with Crippen molar-refractivity contribution in [1.82, 2.24) is 4.90 Å². The van der Waals surface area contributed by atoms with Crippen LogP contribution in [0.2, 0.25) is 0 Å². The van der Waals surface area contributed by atoms with Crippen molar-refractivity contribution in [2.45, 2.75) is 19.3 Å². The van der Waals surface area contributed by atoms with Crippen LogP contribution in [0.15, 0.2) is 53.0 Å². The molecule has 1 heterocycles. The lowest BCUT2D eigenvalue weighted by atomic mass is 9.87. The lowest BCUT2D eigenvalue weighted by molar-refractivity contribution is -0.114. The second kappa shape index (κ2) is 6.90. The first-order valence-electron chi connectivity index (χ1n) is 8.08. The lowest BCUT2D eigenvalue weighted by Gasteiger charge is -2.27. The van der Waals surface area contributed by atoms with Gasteiger partial charge in [0.25, 0.3) is 0 Å². The van der Waals surface area contributed by atoms with Gasteiger partial charge in [-0.1, -0.05) is 42.5 Å². The number of piperidine rings is 1. The van der Waals surface area contributed by atoms with E-state index < -0.39 is 0 Å². The number of benzene rings is 1. The maximum Gasteiger partial charge on any atom is 0.174 e. The Morgan fingerprint density at radius 2 is 1.91 bits per heavy atom. The zero-order chi connectivity index (χ0) is 16.4. The van der Waals surface area contributed by atoms with Gasteiger partial charge >= 0.3 is 0 Å². The van der Waals surface area contributed by atoms with Crippen LogP contribution in [0, 0.1) is 0 Å². The molecule has 0 N–H and O–H groups in total. The van der Waals surface area contributed by atoms with E-state index in [-0.39, 0.29) is 5.78 Å². The van der Waals surface area contributed by atoms with E-state index in [4.69, 9.17) is 0 Å². The molecule has 1 fully saturated rings. The van der Waals surface area contributed by atoms with Gasteiger partial charge in [-0.3, -0.25) is 4.79 Å². The van der Waals surface area contributed by atoms with E-state index in [1.165, 1.54) is 16.7 Å². The van der Waals surface area contributed by atoms with E-state index in [2.05, 4.69) is 36.7 Å². The number of carbonyl (C=O) groups is 1. The molecule has 0 bridgehead atoms. The smallest absolute Gasteiger partial charge is 0.174 e. The quantitative estimate of drug-likeness (QED) is 0.817. The Morgan fingerprint density at radius 3 is 2.57 bits per heavy atom. The van der Waals surface area contributed by atoms with Gasteiger partial charge < -0.3 is 4.90 Å². The number of fused-ring (bicyclic) bond motifs is 1. The van der Waals surface area contributed by atoms with Crippen LogP contribution in [0.25, 0.3) is 5.57 Å². The van der Waals surface area contributed by atoms with Gasteiger partial charge in [-0.05, 0) is 48.4 Å². The molecule has 1 aliphatic heterocycles. The van der Waals surface area contributed by atoms with Crippen molar-refractivity contribution in [2.75, 3.05) is 26.4 Å². The molecule has 2 nitrogen and oxygen atoms in total.